The van der Waals surface area contributed by atoms with Gasteiger partial charge in [-0.25, -0.2) is 15.0 Å². The maximum atomic E-state index is 5.25. The Hall–Kier alpha value is -6.71. The summed E-state index contributed by atoms with van der Waals surface area (Å²) in [6, 6.07) is 66.7. The molecule has 0 aliphatic carbocycles. The van der Waals surface area contributed by atoms with Crippen LogP contribution in [0.5, 0.6) is 0 Å². The zero-order valence-corrected chi connectivity index (χ0v) is 33.8. The van der Waals surface area contributed by atoms with E-state index in [1.165, 1.54) is 51.1 Å². The topological polar surface area (TPSA) is 45.2 Å². The van der Waals surface area contributed by atoms with Gasteiger partial charge in [-0.05, 0) is 78.9 Å². The molecule has 0 amide bonds. The van der Waals surface area contributed by atoms with Crippen LogP contribution < -0.4 is 9.80 Å². The predicted molar refractivity (Wildman–Crippen MR) is 247 cm³/mol. The molecule has 2 aliphatic heterocycles. The van der Waals surface area contributed by atoms with Crippen LogP contribution in [0, 0.1) is 0 Å². The molecule has 0 saturated heterocycles. The van der Waals surface area contributed by atoms with Gasteiger partial charge in [0.15, 0.2) is 17.5 Å². The van der Waals surface area contributed by atoms with Crippen LogP contribution in [0.15, 0.2) is 208 Å². The fourth-order valence-corrected chi connectivity index (χ4v) is 11.6. The highest BCUT2D eigenvalue weighted by atomic mass is 32.2. The first-order valence-corrected chi connectivity index (χ1v) is 21.9. The van der Waals surface area contributed by atoms with Crippen molar-refractivity contribution in [1.82, 2.24) is 15.0 Å². The number of nitrogens with zero attached hydrogens (tertiary/aromatic N) is 5. The van der Waals surface area contributed by atoms with Crippen molar-refractivity contribution in [3.8, 4) is 34.2 Å². The summed E-state index contributed by atoms with van der Waals surface area (Å²) in [6.07, 6.45) is 0. The molecule has 0 atom stereocenters. The Bertz CT molecular complexity index is 3230. The monoisotopic (exact) mass is 809 g/mol. The Kier molecular flexibility index (Phi) is 8.14. The summed E-state index contributed by atoms with van der Waals surface area (Å²) in [5, 5.41) is 2.46. The average molecular weight is 810 g/mol. The predicted octanol–water partition coefficient (Wildman–Crippen LogP) is 15.1. The van der Waals surface area contributed by atoms with E-state index in [2.05, 4.69) is 180 Å². The lowest BCUT2D eigenvalue weighted by Gasteiger charge is -2.36. The second kappa shape index (κ2) is 14.0. The fourth-order valence-electron chi connectivity index (χ4n) is 8.19. The molecular formula is C51H31N5S3. The molecule has 8 heteroatoms. The zero-order valence-electron chi connectivity index (χ0n) is 31.4. The van der Waals surface area contributed by atoms with Crippen LogP contribution in [0.1, 0.15) is 0 Å². The number of hydrogen-bond acceptors (Lipinski definition) is 8. The van der Waals surface area contributed by atoms with Gasteiger partial charge in [-0.1, -0.05) is 133 Å². The van der Waals surface area contributed by atoms with E-state index in [0.717, 1.165) is 39.4 Å². The third kappa shape index (κ3) is 5.82. The van der Waals surface area contributed by atoms with Crippen LogP contribution in [0.2, 0.25) is 0 Å². The second-order valence-electron chi connectivity index (χ2n) is 14.4. The van der Waals surface area contributed by atoms with Crippen LogP contribution in [0.25, 0.3) is 54.3 Å². The van der Waals surface area contributed by atoms with Crippen molar-refractivity contribution in [2.45, 2.75) is 19.6 Å². The van der Waals surface area contributed by atoms with Crippen LogP contribution in [-0.4, -0.2) is 15.0 Å². The van der Waals surface area contributed by atoms with Crippen molar-refractivity contribution in [2.75, 3.05) is 9.80 Å². The van der Waals surface area contributed by atoms with E-state index in [9.17, 15) is 0 Å². The van der Waals surface area contributed by atoms with Gasteiger partial charge in [0.25, 0.3) is 0 Å². The van der Waals surface area contributed by atoms with Crippen molar-refractivity contribution >= 4 is 89.2 Å². The third-order valence-electron chi connectivity index (χ3n) is 10.9. The highest BCUT2D eigenvalue weighted by Crippen LogP contribution is 2.56. The molecule has 0 bridgehead atoms. The molecule has 0 radical (unpaired) electrons. The van der Waals surface area contributed by atoms with Crippen molar-refractivity contribution < 1.29 is 0 Å². The first-order chi connectivity index (χ1) is 29.2. The van der Waals surface area contributed by atoms with Crippen LogP contribution in [0.3, 0.4) is 0 Å². The summed E-state index contributed by atoms with van der Waals surface area (Å²) in [6.45, 7) is 0. The number of benzene rings is 8. The largest absolute Gasteiger partial charge is 0.308 e. The van der Waals surface area contributed by atoms with E-state index in [1.807, 2.05) is 41.7 Å². The van der Waals surface area contributed by atoms with E-state index >= 15 is 0 Å². The molecule has 5 nitrogen and oxygen atoms in total. The van der Waals surface area contributed by atoms with Gasteiger partial charge in [-0.15, -0.1) is 11.3 Å². The molecule has 0 unspecified atom stereocenters. The first-order valence-electron chi connectivity index (χ1n) is 19.4. The minimum Gasteiger partial charge on any atom is -0.308 e. The van der Waals surface area contributed by atoms with E-state index in [-0.39, 0.29) is 0 Å². The van der Waals surface area contributed by atoms with Gasteiger partial charge in [0.2, 0.25) is 0 Å². The Morgan fingerprint density at radius 3 is 1.61 bits per heavy atom. The Balaban J connectivity index is 0.997. The molecule has 2 aliphatic rings. The molecule has 10 aromatic rings. The van der Waals surface area contributed by atoms with E-state index in [4.69, 9.17) is 15.0 Å². The number of hydrogen-bond donors (Lipinski definition) is 0. The number of para-hydroxylation sites is 3. The molecule has 2 aromatic heterocycles. The van der Waals surface area contributed by atoms with Crippen LogP contribution in [0.4, 0.5) is 34.1 Å². The number of thiophene rings is 1. The first kappa shape index (κ1) is 34.3. The van der Waals surface area contributed by atoms with Crippen LogP contribution in [-0.2, 0) is 0 Å². The third-order valence-corrected chi connectivity index (χ3v) is 14.3. The molecular weight excluding hydrogens is 779 g/mol. The Labute approximate surface area is 353 Å². The van der Waals surface area contributed by atoms with Crippen molar-refractivity contribution in [3.05, 3.63) is 188 Å². The minimum atomic E-state index is 0.629. The van der Waals surface area contributed by atoms with Gasteiger partial charge >= 0.3 is 0 Å². The van der Waals surface area contributed by atoms with Gasteiger partial charge in [0.1, 0.15) is 0 Å². The van der Waals surface area contributed by atoms with Gasteiger partial charge in [-0.3, -0.25) is 0 Å². The highest BCUT2D eigenvalue weighted by molar-refractivity contribution is 8.00. The molecule has 0 spiro atoms. The minimum absolute atomic E-state index is 0.629. The number of anilines is 6. The average Bonchev–Trinajstić information content (AvgIpc) is 3.69. The zero-order chi connectivity index (χ0) is 38.9. The maximum absolute atomic E-state index is 5.25. The Morgan fingerprint density at radius 1 is 0.356 bits per heavy atom. The van der Waals surface area contributed by atoms with Crippen molar-refractivity contribution in [1.29, 1.82) is 0 Å². The van der Waals surface area contributed by atoms with E-state index in [0.29, 0.717) is 17.5 Å². The summed E-state index contributed by atoms with van der Waals surface area (Å²) >= 11 is 5.43. The fraction of sp³-hybridized carbons (Fsp3) is 0. The Morgan fingerprint density at radius 2 is 0.881 bits per heavy atom. The summed E-state index contributed by atoms with van der Waals surface area (Å²) in [4.78, 5) is 25.2. The van der Waals surface area contributed by atoms with Crippen molar-refractivity contribution in [2.24, 2.45) is 0 Å². The molecule has 4 heterocycles. The van der Waals surface area contributed by atoms with Crippen molar-refractivity contribution in [3.63, 3.8) is 0 Å². The standard InChI is InChI=1S/C51H31N5S3/c1-2-14-32(15-3-1)49-52-50(54-51(53-49)38-20-13-19-37-36-18-4-8-24-43(36)59-48(37)38)33-16-12-17-34(30-33)55-41-23-7-11-27-46(41)58-47-31-35(28-29-42(47)55)56-39-21-5-9-25-44(39)57-45-26-10-6-22-40(45)56/h1-31H. The molecule has 0 fully saturated rings. The molecule has 59 heavy (non-hydrogen) atoms. The molecule has 0 N–H and O–H groups in total. The van der Waals surface area contributed by atoms with Gasteiger partial charge in [-0.2, -0.15) is 0 Å². The van der Waals surface area contributed by atoms with Gasteiger partial charge in [0, 0.05) is 67.8 Å². The maximum Gasteiger partial charge on any atom is 0.165 e. The number of rotatable bonds is 5. The summed E-state index contributed by atoms with van der Waals surface area (Å²) in [7, 11) is 0. The molecule has 12 rings (SSSR count). The lowest BCUT2D eigenvalue weighted by molar-refractivity contribution is 1.07. The highest BCUT2D eigenvalue weighted by Gasteiger charge is 2.29. The normalized spacial score (nSPS) is 12.9. The number of aromatic nitrogens is 3. The summed E-state index contributed by atoms with van der Waals surface area (Å²) in [5.74, 6) is 1.93. The molecule has 8 aromatic carbocycles. The van der Waals surface area contributed by atoms with E-state index in [1.54, 1.807) is 11.3 Å². The lowest BCUT2D eigenvalue weighted by Crippen LogP contribution is -2.17. The quantitative estimate of drug-likeness (QED) is 0.172. The summed E-state index contributed by atoms with van der Waals surface area (Å²) < 4.78 is 2.42. The SMILES string of the molecule is c1ccc(-c2nc(-c3cccc(N4c5ccccc5Sc5cc(N6c7ccccc7Sc7ccccc76)ccc54)c3)nc(-c3cccc4c3sc3ccccc34)n2)cc1. The van der Waals surface area contributed by atoms with Gasteiger partial charge in [0.05, 0.1) is 22.7 Å². The second-order valence-corrected chi connectivity index (χ2v) is 17.7. The lowest BCUT2D eigenvalue weighted by atomic mass is 10.1. The summed E-state index contributed by atoms with van der Waals surface area (Å²) in [5.41, 5.74) is 9.67. The number of fused-ring (bicyclic) bond motifs is 7. The molecule has 278 valence electrons. The van der Waals surface area contributed by atoms with Crippen LogP contribution >= 0.6 is 34.9 Å². The van der Waals surface area contributed by atoms with Gasteiger partial charge < -0.3 is 9.80 Å². The smallest absolute Gasteiger partial charge is 0.165 e. The van der Waals surface area contributed by atoms with E-state index < -0.39 is 0 Å². The molecule has 0 saturated carbocycles.